The van der Waals surface area contributed by atoms with E-state index >= 15 is 0 Å². The smallest absolute Gasteiger partial charge is 0.378 e. The topological polar surface area (TPSA) is 115 Å². The zero-order valence-corrected chi connectivity index (χ0v) is 16.5. The van der Waals surface area contributed by atoms with Crippen LogP contribution in [-0.2, 0) is 17.5 Å². The third-order valence-corrected chi connectivity index (χ3v) is 4.99. The maximum absolute atomic E-state index is 13.0. The van der Waals surface area contributed by atoms with Gasteiger partial charge in [-0.05, 0) is 18.2 Å². The summed E-state index contributed by atoms with van der Waals surface area (Å²) in [6.45, 7) is 1.68. The van der Waals surface area contributed by atoms with Gasteiger partial charge in [-0.15, -0.1) is 10.2 Å². The van der Waals surface area contributed by atoms with Crippen LogP contribution < -0.4 is 10.2 Å². The number of alkyl halides is 3. The van der Waals surface area contributed by atoms with Crippen LogP contribution in [-0.4, -0.2) is 51.7 Å². The second-order valence-electron chi connectivity index (χ2n) is 7.00. The van der Waals surface area contributed by atoms with E-state index in [4.69, 9.17) is 4.74 Å². The number of nitrogens with one attached hydrogen (secondary N) is 1. The molecule has 1 aliphatic heterocycles. The van der Waals surface area contributed by atoms with Crippen LogP contribution in [0.1, 0.15) is 21.7 Å². The number of fused-ring (bicyclic) bond motifs is 1. The van der Waals surface area contributed by atoms with Gasteiger partial charge in [0.15, 0.2) is 11.5 Å². The molecule has 1 saturated heterocycles. The minimum absolute atomic E-state index is 0.0749. The first-order chi connectivity index (χ1) is 15.2. The number of halogens is 3. The lowest BCUT2D eigenvalue weighted by molar-refractivity contribution is -0.384. The third-order valence-electron chi connectivity index (χ3n) is 4.99. The van der Waals surface area contributed by atoms with Crippen LogP contribution in [0.4, 0.5) is 24.5 Å². The molecule has 0 bridgehead atoms. The van der Waals surface area contributed by atoms with E-state index in [9.17, 15) is 28.1 Å². The predicted molar refractivity (Wildman–Crippen MR) is 105 cm³/mol. The number of rotatable bonds is 5. The minimum atomic E-state index is -4.55. The number of carbonyl (C=O) groups excluding carboxylic acids is 1. The number of ether oxygens (including phenoxy) is 1. The van der Waals surface area contributed by atoms with Crippen molar-refractivity contribution in [1.29, 1.82) is 0 Å². The van der Waals surface area contributed by atoms with Gasteiger partial charge in [-0.3, -0.25) is 19.3 Å². The molecule has 0 atom stereocenters. The molecule has 4 rings (SSSR count). The van der Waals surface area contributed by atoms with Gasteiger partial charge in [-0.1, -0.05) is 0 Å². The molecule has 0 saturated carbocycles. The molecule has 1 aromatic carbocycles. The van der Waals surface area contributed by atoms with Crippen molar-refractivity contribution in [2.24, 2.45) is 0 Å². The van der Waals surface area contributed by atoms with E-state index in [1.807, 2.05) is 4.90 Å². The Labute approximate surface area is 178 Å². The number of non-ortho nitro benzene ring substituents is 1. The Morgan fingerprint density at radius 1 is 1.19 bits per heavy atom. The van der Waals surface area contributed by atoms with Crippen molar-refractivity contribution in [3.8, 4) is 0 Å². The summed E-state index contributed by atoms with van der Waals surface area (Å²) in [5, 5.41) is 21.4. The monoisotopic (exact) mass is 450 g/mol. The number of anilines is 1. The average Bonchev–Trinajstić information content (AvgIpc) is 3.19. The first-order valence-electron chi connectivity index (χ1n) is 9.54. The molecule has 0 radical (unpaired) electrons. The number of benzene rings is 1. The highest BCUT2D eigenvalue weighted by Gasteiger charge is 2.31. The summed E-state index contributed by atoms with van der Waals surface area (Å²) in [5.41, 5.74) is -0.375. The van der Waals surface area contributed by atoms with Gasteiger partial charge in [0, 0.05) is 31.4 Å². The van der Waals surface area contributed by atoms with Crippen LogP contribution >= 0.6 is 0 Å². The summed E-state index contributed by atoms with van der Waals surface area (Å²) in [4.78, 5) is 25.4. The predicted octanol–water partition coefficient (Wildman–Crippen LogP) is 2.42. The summed E-state index contributed by atoms with van der Waals surface area (Å²) in [6, 6.07) is 6.05. The molecule has 3 heterocycles. The molecule has 1 amide bonds. The lowest BCUT2D eigenvalue weighted by Gasteiger charge is -2.30. The van der Waals surface area contributed by atoms with Gasteiger partial charge in [0.2, 0.25) is 0 Å². The standard InChI is InChI=1S/C19H17F3N6O4/c20-19(21,22)12-1-4-16-24-25-17(27(16)11-12)10-23-18(29)14-9-13(28(30)31)2-3-15(14)26-5-7-32-8-6-26/h1-4,9,11H,5-8,10H2,(H,23,29). The minimum Gasteiger partial charge on any atom is -0.378 e. The fraction of sp³-hybridized carbons (Fsp3) is 0.316. The highest BCUT2D eigenvalue weighted by Crippen LogP contribution is 2.29. The molecule has 13 heteroatoms. The number of nitrogens with zero attached hydrogens (tertiary/aromatic N) is 5. The zero-order valence-electron chi connectivity index (χ0n) is 16.5. The van der Waals surface area contributed by atoms with Crippen molar-refractivity contribution >= 4 is 22.9 Å². The van der Waals surface area contributed by atoms with E-state index in [0.29, 0.717) is 32.0 Å². The van der Waals surface area contributed by atoms with Gasteiger partial charge < -0.3 is 15.0 Å². The first kappa shape index (κ1) is 21.5. The van der Waals surface area contributed by atoms with Crippen molar-refractivity contribution in [3.63, 3.8) is 0 Å². The zero-order chi connectivity index (χ0) is 22.9. The SMILES string of the molecule is O=C(NCc1nnc2ccc(C(F)(F)F)cn12)c1cc([N+](=O)[O-])ccc1N1CCOCC1. The van der Waals surface area contributed by atoms with Crippen LogP contribution in [0, 0.1) is 10.1 Å². The molecule has 1 fully saturated rings. The Bertz CT molecular complexity index is 1170. The van der Waals surface area contributed by atoms with Gasteiger partial charge in [-0.2, -0.15) is 13.2 Å². The number of nitro groups is 1. The maximum Gasteiger partial charge on any atom is 0.417 e. The lowest BCUT2D eigenvalue weighted by Crippen LogP contribution is -2.38. The summed E-state index contributed by atoms with van der Waals surface area (Å²) in [7, 11) is 0. The van der Waals surface area contributed by atoms with Crippen LogP contribution in [0.3, 0.4) is 0 Å². The average molecular weight is 450 g/mol. The van der Waals surface area contributed by atoms with Crippen molar-refractivity contribution in [2.75, 3.05) is 31.2 Å². The van der Waals surface area contributed by atoms with Crippen molar-refractivity contribution in [3.05, 3.63) is 63.6 Å². The summed E-state index contributed by atoms with van der Waals surface area (Å²) < 4.78 is 45.5. The largest absolute Gasteiger partial charge is 0.417 e. The molecular weight excluding hydrogens is 433 g/mol. The summed E-state index contributed by atoms with van der Waals surface area (Å²) in [6.07, 6.45) is -3.70. The fourth-order valence-electron chi connectivity index (χ4n) is 3.38. The number of amides is 1. The van der Waals surface area contributed by atoms with Crippen molar-refractivity contribution in [2.45, 2.75) is 12.7 Å². The Morgan fingerprint density at radius 2 is 1.94 bits per heavy atom. The molecule has 0 aliphatic carbocycles. The van der Waals surface area contributed by atoms with Gasteiger partial charge >= 0.3 is 6.18 Å². The normalized spacial score (nSPS) is 14.5. The molecule has 168 valence electrons. The maximum atomic E-state index is 13.0. The number of aromatic nitrogens is 3. The highest BCUT2D eigenvalue weighted by atomic mass is 19.4. The first-order valence-corrected chi connectivity index (χ1v) is 9.54. The van der Waals surface area contributed by atoms with E-state index in [1.165, 1.54) is 24.3 Å². The van der Waals surface area contributed by atoms with E-state index in [-0.39, 0.29) is 29.3 Å². The van der Waals surface area contributed by atoms with Crippen molar-refractivity contribution in [1.82, 2.24) is 19.9 Å². The molecule has 1 N–H and O–H groups in total. The Kier molecular flexibility index (Phi) is 5.65. The van der Waals surface area contributed by atoms with Crippen LogP contribution in [0.5, 0.6) is 0 Å². The number of hydrogen-bond acceptors (Lipinski definition) is 7. The van der Waals surface area contributed by atoms with E-state index in [2.05, 4.69) is 15.5 Å². The third kappa shape index (κ3) is 4.32. The van der Waals surface area contributed by atoms with Crippen LogP contribution in [0.15, 0.2) is 36.5 Å². The van der Waals surface area contributed by atoms with E-state index in [1.54, 1.807) is 0 Å². The number of morpholine rings is 1. The number of carbonyl (C=O) groups is 1. The number of nitro benzene ring substituents is 1. The molecule has 1 aliphatic rings. The quantitative estimate of drug-likeness (QED) is 0.469. The Balaban J connectivity index is 1.60. The second-order valence-corrected chi connectivity index (χ2v) is 7.00. The Hall–Kier alpha value is -3.74. The van der Waals surface area contributed by atoms with Crippen molar-refractivity contribution < 1.29 is 27.6 Å². The fourth-order valence-corrected chi connectivity index (χ4v) is 3.38. The van der Waals surface area contributed by atoms with Crippen LogP contribution in [0.2, 0.25) is 0 Å². The van der Waals surface area contributed by atoms with Crippen LogP contribution in [0.25, 0.3) is 5.65 Å². The Morgan fingerprint density at radius 3 is 2.62 bits per heavy atom. The molecule has 2 aromatic heterocycles. The molecule has 3 aromatic rings. The van der Waals surface area contributed by atoms with Gasteiger partial charge in [0.25, 0.3) is 11.6 Å². The second kappa shape index (κ2) is 8.42. The molecule has 32 heavy (non-hydrogen) atoms. The number of hydrogen-bond donors (Lipinski definition) is 1. The summed E-state index contributed by atoms with van der Waals surface area (Å²) in [5.74, 6) is -0.545. The van der Waals surface area contributed by atoms with Gasteiger partial charge in [-0.25, -0.2) is 0 Å². The molecular formula is C19H17F3N6O4. The molecule has 0 unspecified atom stereocenters. The van der Waals surface area contributed by atoms with Gasteiger partial charge in [0.05, 0.1) is 41.5 Å². The van der Waals surface area contributed by atoms with Gasteiger partial charge in [0.1, 0.15) is 0 Å². The molecule has 10 nitrogen and oxygen atoms in total. The van der Waals surface area contributed by atoms with E-state index < -0.39 is 22.6 Å². The number of pyridine rings is 1. The highest BCUT2D eigenvalue weighted by molar-refractivity contribution is 6.00. The molecule has 0 spiro atoms. The lowest BCUT2D eigenvalue weighted by atomic mass is 10.1. The summed E-state index contributed by atoms with van der Waals surface area (Å²) >= 11 is 0. The van der Waals surface area contributed by atoms with E-state index in [0.717, 1.165) is 16.7 Å².